The molecule has 5 nitrogen and oxygen atoms in total. The minimum Gasteiger partial charge on any atom is -0.373 e. The number of aromatic nitrogens is 3. The normalized spacial score (nSPS) is 11.5. The average Bonchev–Trinajstić information content (AvgIpc) is 2.82. The number of aryl methyl sites for hydroxylation is 1. The maximum absolute atomic E-state index is 4.72. The lowest BCUT2D eigenvalue weighted by Gasteiger charge is -2.23. The average molecular weight is 305 g/mol. The molecule has 1 N–H and O–H groups in total. The topological polar surface area (TPSA) is 53.9 Å². The molecule has 2 heterocycles. The van der Waals surface area contributed by atoms with Crippen molar-refractivity contribution in [1.82, 2.24) is 15.0 Å². The lowest BCUT2D eigenvalue weighted by molar-refractivity contribution is 0.545. The summed E-state index contributed by atoms with van der Waals surface area (Å²) in [6.07, 6.45) is 0. The molecule has 0 saturated heterocycles. The number of thiazole rings is 1. The molecule has 0 bridgehead atoms. The Kier molecular flexibility index (Phi) is 4.46. The van der Waals surface area contributed by atoms with Crippen molar-refractivity contribution in [3.05, 3.63) is 28.0 Å². The third kappa shape index (κ3) is 3.69. The van der Waals surface area contributed by atoms with E-state index in [0.29, 0.717) is 0 Å². The molecule has 2 rings (SSSR count). The minimum atomic E-state index is -0.0805. The Labute approximate surface area is 130 Å². The van der Waals surface area contributed by atoms with E-state index in [4.69, 9.17) is 4.98 Å². The summed E-state index contributed by atoms with van der Waals surface area (Å²) in [4.78, 5) is 17.0. The molecular formula is C15H23N5S. The summed E-state index contributed by atoms with van der Waals surface area (Å²) in [6.45, 7) is 9.22. The summed E-state index contributed by atoms with van der Waals surface area (Å²) < 4.78 is 0. The van der Waals surface area contributed by atoms with Gasteiger partial charge in [-0.15, -0.1) is 11.3 Å². The standard InChI is InChI=1S/C15H23N5S/c1-10-11(21-9-17-10)8-20(6)13-7-12(16-5)18-14(19-13)15(2,3)4/h7,9H,8H2,1-6H3,(H,16,18,19). The number of hydrogen-bond acceptors (Lipinski definition) is 6. The molecule has 0 amide bonds. The summed E-state index contributed by atoms with van der Waals surface area (Å²) in [6, 6.07) is 1.98. The maximum Gasteiger partial charge on any atom is 0.138 e. The van der Waals surface area contributed by atoms with Gasteiger partial charge in [0, 0.05) is 30.5 Å². The highest BCUT2D eigenvalue weighted by atomic mass is 32.1. The molecule has 0 radical (unpaired) electrons. The van der Waals surface area contributed by atoms with Gasteiger partial charge in [-0.25, -0.2) is 15.0 Å². The molecule has 21 heavy (non-hydrogen) atoms. The van der Waals surface area contributed by atoms with Crippen LogP contribution in [0, 0.1) is 6.92 Å². The van der Waals surface area contributed by atoms with E-state index >= 15 is 0 Å². The Morgan fingerprint density at radius 2 is 2.00 bits per heavy atom. The van der Waals surface area contributed by atoms with Crippen LogP contribution in [0.2, 0.25) is 0 Å². The van der Waals surface area contributed by atoms with E-state index in [1.165, 1.54) is 4.88 Å². The van der Waals surface area contributed by atoms with Crippen molar-refractivity contribution in [2.45, 2.75) is 39.7 Å². The van der Waals surface area contributed by atoms with Crippen LogP contribution in [0.3, 0.4) is 0 Å². The lowest BCUT2D eigenvalue weighted by Crippen LogP contribution is -2.22. The summed E-state index contributed by atoms with van der Waals surface area (Å²) in [5, 5.41) is 3.12. The molecule has 0 fully saturated rings. The van der Waals surface area contributed by atoms with Crippen LogP contribution in [-0.4, -0.2) is 29.0 Å². The van der Waals surface area contributed by atoms with Crippen LogP contribution in [-0.2, 0) is 12.0 Å². The van der Waals surface area contributed by atoms with E-state index in [-0.39, 0.29) is 5.41 Å². The molecule has 114 valence electrons. The molecule has 0 spiro atoms. The van der Waals surface area contributed by atoms with Gasteiger partial charge in [0.2, 0.25) is 0 Å². The zero-order valence-corrected chi connectivity index (χ0v) is 14.4. The van der Waals surface area contributed by atoms with Crippen LogP contribution in [0.1, 0.15) is 37.2 Å². The van der Waals surface area contributed by atoms with Gasteiger partial charge in [0.05, 0.1) is 17.7 Å². The first-order chi connectivity index (χ1) is 9.81. The van der Waals surface area contributed by atoms with Gasteiger partial charge >= 0.3 is 0 Å². The van der Waals surface area contributed by atoms with Crippen molar-refractivity contribution in [2.24, 2.45) is 0 Å². The van der Waals surface area contributed by atoms with Crippen LogP contribution in [0.25, 0.3) is 0 Å². The van der Waals surface area contributed by atoms with E-state index in [1.807, 2.05) is 32.6 Å². The molecule has 0 saturated carbocycles. The van der Waals surface area contributed by atoms with Crippen molar-refractivity contribution in [1.29, 1.82) is 0 Å². The summed E-state index contributed by atoms with van der Waals surface area (Å²) in [7, 11) is 3.93. The summed E-state index contributed by atoms with van der Waals surface area (Å²) >= 11 is 1.68. The quantitative estimate of drug-likeness (QED) is 0.940. The predicted octanol–water partition coefficient (Wildman–Crippen LogP) is 3.22. The Bertz CT molecular complexity index is 615. The van der Waals surface area contributed by atoms with Crippen molar-refractivity contribution in [2.75, 3.05) is 24.3 Å². The first-order valence-corrected chi connectivity index (χ1v) is 7.86. The first-order valence-electron chi connectivity index (χ1n) is 6.98. The summed E-state index contributed by atoms with van der Waals surface area (Å²) in [5.74, 6) is 2.61. The second-order valence-corrected chi connectivity index (χ2v) is 7.09. The highest BCUT2D eigenvalue weighted by molar-refractivity contribution is 7.09. The SMILES string of the molecule is CNc1cc(N(C)Cc2scnc2C)nc(C(C)(C)C)n1. The van der Waals surface area contributed by atoms with E-state index < -0.39 is 0 Å². The van der Waals surface area contributed by atoms with Gasteiger partial charge < -0.3 is 10.2 Å². The lowest BCUT2D eigenvalue weighted by atomic mass is 9.96. The molecule has 0 atom stereocenters. The van der Waals surface area contributed by atoms with Crippen molar-refractivity contribution in [3.63, 3.8) is 0 Å². The fraction of sp³-hybridized carbons (Fsp3) is 0.533. The Hall–Kier alpha value is -1.69. The van der Waals surface area contributed by atoms with Gasteiger partial charge in [0.1, 0.15) is 17.5 Å². The number of hydrogen-bond donors (Lipinski definition) is 1. The van der Waals surface area contributed by atoms with Gasteiger partial charge in [-0.2, -0.15) is 0 Å². The summed E-state index contributed by atoms with van der Waals surface area (Å²) in [5.41, 5.74) is 2.90. The number of nitrogens with one attached hydrogen (secondary N) is 1. The van der Waals surface area contributed by atoms with Gasteiger partial charge in [0.15, 0.2) is 0 Å². The molecule has 0 unspecified atom stereocenters. The second kappa shape index (κ2) is 5.97. The highest BCUT2D eigenvalue weighted by Gasteiger charge is 2.20. The molecule has 0 aliphatic heterocycles. The molecule has 0 aliphatic carbocycles. The molecule has 2 aromatic heterocycles. The third-order valence-electron chi connectivity index (χ3n) is 3.26. The largest absolute Gasteiger partial charge is 0.373 e. The molecule has 2 aromatic rings. The Morgan fingerprint density at radius 3 is 2.52 bits per heavy atom. The van der Waals surface area contributed by atoms with Crippen molar-refractivity contribution < 1.29 is 0 Å². The predicted molar refractivity (Wildman–Crippen MR) is 89.2 cm³/mol. The van der Waals surface area contributed by atoms with E-state index in [2.05, 4.69) is 41.0 Å². The zero-order valence-electron chi connectivity index (χ0n) is 13.6. The van der Waals surface area contributed by atoms with Gasteiger partial charge in [-0.3, -0.25) is 0 Å². The van der Waals surface area contributed by atoms with E-state index in [9.17, 15) is 0 Å². The molecule has 6 heteroatoms. The number of rotatable bonds is 4. The van der Waals surface area contributed by atoms with Crippen LogP contribution >= 0.6 is 11.3 Å². The van der Waals surface area contributed by atoms with E-state index in [0.717, 1.165) is 29.7 Å². The van der Waals surface area contributed by atoms with Crippen molar-refractivity contribution in [3.8, 4) is 0 Å². The number of anilines is 2. The van der Waals surface area contributed by atoms with Gasteiger partial charge in [0.25, 0.3) is 0 Å². The van der Waals surface area contributed by atoms with Crippen LogP contribution in [0.4, 0.5) is 11.6 Å². The monoisotopic (exact) mass is 305 g/mol. The van der Waals surface area contributed by atoms with Crippen LogP contribution in [0.15, 0.2) is 11.6 Å². The van der Waals surface area contributed by atoms with E-state index in [1.54, 1.807) is 11.3 Å². The molecule has 0 aromatic carbocycles. The smallest absolute Gasteiger partial charge is 0.138 e. The Morgan fingerprint density at radius 1 is 1.29 bits per heavy atom. The molecule has 0 aliphatic rings. The second-order valence-electron chi connectivity index (χ2n) is 6.15. The Balaban J connectivity index is 2.32. The maximum atomic E-state index is 4.72. The first kappa shape index (κ1) is 15.7. The number of nitrogens with zero attached hydrogens (tertiary/aromatic N) is 4. The van der Waals surface area contributed by atoms with Crippen LogP contribution < -0.4 is 10.2 Å². The fourth-order valence-electron chi connectivity index (χ4n) is 1.87. The van der Waals surface area contributed by atoms with Gasteiger partial charge in [-0.1, -0.05) is 20.8 Å². The van der Waals surface area contributed by atoms with Crippen LogP contribution in [0.5, 0.6) is 0 Å². The zero-order chi connectivity index (χ0) is 15.6. The fourth-order valence-corrected chi connectivity index (χ4v) is 2.70. The molecular weight excluding hydrogens is 282 g/mol. The highest BCUT2D eigenvalue weighted by Crippen LogP contribution is 2.25. The third-order valence-corrected chi connectivity index (χ3v) is 4.18. The van der Waals surface area contributed by atoms with Gasteiger partial charge in [-0.05, 0) is 6.92 Å². The minimum absolute atomic E-state index is 0.0805. The van der Waals surface area contributed by atoms with Crippen molar-refractivity contribution >= 4 is 23.0 Å².